The highest BCUT2D eigenvalue weighted by molar-refractivity contribution is 5.80. The molecule has 2 unspecified atom stereocenters. The molecular weight excluding hydrogens is 246 g/mol. The van der Waals surface area contributed by atoms with Crippen LogP contribution in [-0.2, 0) is 14.3 Å². The standard InChI is InChI=1S/C14H17NO4/c1-4-18-14(16)12-13(19-8-15-12)10-5-6-11(17-3)9(2)7-10/h5-8,12-13H,4H2,1-3H3. The molecule has 1 aliphatic rings. The van der Waals surface area contributed by atoms with Crippen molar-refractivity contribution in [2.24, 2.45) is 4.99 Å². The first-order valence-electron chi connectivity index (χ1n) is 6.15. The molecule has 0 aliphatic carbocycles. The molecule has 0 aromatic heterocycles. The van der Waals surface area contributed by atoms with E-state index in [2.05, 4.69) is 4.99 Å². The summed E-state index contributed by atoms with van der Waals surface area (Å²) in [5.41, 5.74) is 1.87. The highest BCUT2D eigenvalue weighted by Gasteiger charge is 2.35. The van der Waals surface area contributed by atoms with Gasteiger partial charge in [0, 0.05) is 0 Å². The third-order valence-corrected chi connectivity index (χ3v) is 2.99. The number of hydrogen-bond donors (Lipinski definition) is 0. The summed E-state index contributed by atoms with van der Waals surface area (Å²) in [7, 11) is 1.62. The molecule has 2 rings (SSSR count). The second-order valence-electron chi connectivity index (χ2n) is 4.24. The van der Waals surface area contributed by atoms with Gasteiger partial charge in [-0.3, -0.25) is 0 Å². The maximum atomic E-state index is 11.8. The number of aryl methyl sites for hydroxylation is 1. The average Bonchev–Trinajstić information content (AvgIpc) is 2.88. The van der Waals surface area contributed by atoms with Gasteiger partial charge in [-0.25, -0.2) is 9.79 Å². The number of rotatable bonds is 4. The van der Waals surface area contributed by atoms with Crippen molar-refractivity contribution in [1.82, 2.24) is 0 Å². The topological polar surface area (TPSA) is 57.1 Å². The first-order valence-corrected chi connectivity index (χ1v) is 6.15. The number of esters is 1. The molecule has 0 saturated carbocycles. The second-order valence-corrected chi connectivity index (χ2v) is 4.24. The molecule has 5 heteroatoms. The van der Waals surface area contributed by atoms with Crippen LogP contribution in [0.5, 0.6) is 5.75 Å². The van der Waals surface area contributed by atoms with E-state index in [9.17, 15) is 4.79 Å². The summed E-state index contributed by atoms with van der Waals surface area (Å²) in [5, 5.41) is 0. The SMILES string of the molecule is CCOC(=O)C1N=COC1c1ccc(OC)c(C)c1. The monoisotopic (exact) mass is 263 g/mol. The van der Waals surface area contributed by atoms with Crippen molar-refractivity contribution in [2.45, 2.75) is 26.0 Å². The molecule has 1 aromatic rings. The summed E-state index contributed by atoms with van der Waals surface area (Å²) in [6.07, 6.45) is 0.884. The van der Waals surface area contributed by atoms with E-state index >= 15 is 0 Å². The van der Waals surface area contributed by atoms with E-state index < -0.39 is 12.1 Å². The van der Waals surface area contributed by atoms with E-state index in [1.54, 1.807) is 14.0 Å². The summed E-state index contributed by atoms with van der Waals surface area (Å²) < 4.78 is 15.6. The van der Waals surface area contributed by atoms with Gasteiger partial charge in [-0.15, -0.1) is 0 Å². The van der Waals surface area contributed by atoms with Crippen LogP contribution in [0.3, 0.4) is 0 Å². The molecule has 19 heavy (non-hydrogen) atoms. The first-order chi connectivity index (χ1) is 9.17. The average molecular weight is 263 g/mol. The van der Waals surface area contributed by atoms with E-state index in [-0.39, 0.29) is 5.97 Å². The number of aliphatic imine (C=N–C) groups is 1. The molecule has 1 heterocycles. The van der Waals surface area contributed by atoms with Crippen LogP contribution in [0.25, 0.3) is 0 Å². The summed E-state index contributed by atoms with van der Waals surface area (Å²) in [6, 6.07) is 5.03. The fraction of sp³-hybridized carbons (Fsp3) is 0.429. The van der Waals surface area contributed by atoms with Gasteiger partial charge in [0.2, 0.25) is 0 Å². The van der Waals surface area contributed by atoms with Crippen molar-refractivity contribution in [3.8, 4) is 5.75 Å². The van der Waals surface area contributed by atoms with Crippen molar-refractivity contribution in [3.05, 3.63) is 29.3 Å². The lowest BCUT2D eigenvalue weighted by molar-refractivity contribution is -0.146. The zero-order valence-corrected chi connectivity index (χ0v) is 11.3. The number of carbonyl (C=O) groups is 1. The lowest BCUT2D eigenvalue weighted by Crippen LogP contribution is -2.26. The quantitative estimate of drug-likeness (QED) is 0.780. The Morgan fingerprint density at radius 1 is 1.47 bits per heavy atom. The van der Waals surface area contributed by atoms with E-state index in [1.165, 1.54) is 6.40 Å². The first kappa shape index (κ1) is 13.4. The Morgan fingerprint density at radius 3 is 2.89 bits per heavy atom. The van der Waals surface area contributed by atoms with E-state index in [4.69, 9.17) is 14.2 Å². The maximum absolute atomic E-state index is 11.8. The fourth-order valence-corrected chi connectivity index (χ4v) is 2.07. The molecule has 102 valence electrons. The highest BCUT2D eigenvalue weighted by atomic mass is 16.5. The highest BCUT2D eigenvalue weighted by Crippen LogP contribution is 2.30. The van der Waals surface area contributed by atoms with Crippen LogP contribution in [0.4, 0.5) is 0 Å². The van der Waals surface area contributed by atoms with E-state index in [0.29, 0.717) is 6.61 Å². The van der Waals surface area contributed by atoms with Crippen LogP contribution in [0.2, 0.25) is 0 Å². The van der Waals surface area contributed by atoms with Crippen molar-refractivity contribution in [1.29, 1.82) is 0 Å². The molecule has 0 N–H and O–H groups in total. The van der Waals surface area contributed by atoms with Crippen LogP contribution < -0.4 is 4.74 Å². The smallest absolute Gasteiger partial charge is 0.335 e. The molecule has 0 amide bonds. The minimum Gasteiger partial charge on any atom is -0.496 e. The Labute approximate surface area is 112 Å². The number of ether oxygens (including phenoxy) is 3. The summed E-state index contributed by atoms with van der Waals surface area (Å²) >= 11 is 0. The Bertz CT molecular complexity index is 498. The Balaban J connectivity index is 2.21. The Hall–Kier alpha value is -2.04. The summed E-state index contributed by atoms with van der Waals surface area (Å²) in [5.74, 6) is 0.435. The number of nitrogens with zero attached hydrogens (tertiary/aromatic N) is 1. The van der Waals surface area contributed by atoms with Crippen LogP contribution >= 0.6 is 0 Å². The maximum Gasteiger partial charge on any atom is 0.335 e. The minimum absolute atomic E-state index is 0.333. The van der Waals surface area contributed by atoms with Gasteiger partial charge in [-0.2, -0.15) is 0 Å². The van der Waals surface area contributed by atoms with Crippen molar-refractivity contribution >= 4 is 12.4 Å². The number of hydrogen-bond acceptors (Lipinski definition) is 5. The summed E-state index contributed by atoms with van der Waals surface area (Å²) in [6.45, 7) is 4.04. The molecule has 0 bridgehead atoms. The molecule has 0 radical (unpaired) electrons. The molecule has 0 saturated heterocycles. The molecular formula is C14H17NO4. The lowest BCUT2D eigenvalue weighted by atomic mass is 10.0. The third-order valence-electron chi connectivity index (χ3n) is 2.99. The van der Waals surface area contributed by atoms with Gasteiger partial charge >= 0.3 is 5.97 Å². The zero-order valence-electron chi connectivity index (χ0n) is 11.3. The number of benzene rings is 1. The predicted molar refractivity (Wildman–Crippen MR) is 70.5 cm³/mol. The number of methoxy groups -OCH3 is 1. The molecule has 0 spiro atoms. The normalized spacial score (nSPS) is 21.0. The van der Waals surface area contributed by atoms with Gasteiger partial charge in [0.15, 0.2) is 18.5 Å². The molecule has 0 fully saturated rings. The zero-order chi connectivity index (χ0) is 13.8. The van der Waals surface area contributed by atoms with Crippen LogP contribution in [0, 0.1) is 6.92 Å². The van der Waals surface area contributed by atoms with Gasteiger partial charge < -0.3 is 14.2 Å². The van der Waals surface area contributed by atoms with Gasteiger partial charge in [0.05, 0.1) is 13.7 Å². The molecule has 1 aliphatic heterocycles. The number of carbonyl (C=O) groups excluding carboxylic acids is 1. The predicted octanol–water partition coefficient (Wildman–Crippen LogP) is 2.03. The molecule has 5 nitrogen and oxygen atoms in total. The van der Waals surface area contributed by atoms with Gasteiger partial charge in [0.1, 0.15) is 5.75 Å². The minimum atomic E-state index is -0.632. The van der Waals surface area contributed by atoms with Crippen LogP contribution in [-0.4, -0.2) is 32.1 Å². The molecule has 1 aromatic carbocycles. The molecule has 2 atom stereocenters. The fourth-order valence-electron chi connectivity index (χ4n) is 2.07. The lowest BCUT2D eigenvalue weighted by Gasteiger charge is -2.17. The van der Waals surface area contributed by atoms with E-state index in [0.717, 1.165) is 16.9 Å². The summed E-state index contributed by atoms with van der Waals surface area (Å²) in [4.78, 5) is 15.8. The third kappa shape index (κ3) is 2.70. The van der Waals surface area contributed by atoms with Gasteiger partial charge in [-0.05, 0) is 37.1 Å². The second kappa shape index (κ2) is 5.73. The van der Waals surface area contributed by atoms with Gasteiger partial charge in [-0.1, -0.05) is 6.07 Å². The largest absolute Gasteiger partial charge is 0.496 e. The van der Waals surface area contributed by atoms with Crippen LogP contribution in [0.1, 0.15) is 24.2 Å². The van der Waals surface area contributed by atoms with Gasteiger partial charge in [0.25, 0.3) is 0 Å². The van der Waals surface area contributed by atoms with Crippen molar-refractivity contribution in [3.63, 3.8) is 0 Å². The Kier molecular flexibility index (Phi) is 4.04. The van der Waals surface area contributed by atoms with Crippen LogP contribution in [0.15, 0.2) is 23.2 Å². The van der Waals surface area contributed by atoms with Crippen molar-refractivity contribution in [2.75, 3.05) is 13.7 Å². The van der Waals surface area contributed by atoms with Crippen molar-refractivity contribution < 1.29 is 19.0 Å². The Morgan fingerprint density at radius 2 is 2.26 bits per heavy atom. The van der Waals surface area contributed by atoms with E-state index in [1.807, 2.05) is 25.1 Å².